The van der Waals surface area contributed by atoms with Crippen LogP contribution >= 0.6 is 0 Å². The molecule has 292 valence electrons. The van der Waals surface area contributed by atoms with Crippen molar-refractivity contribution in [3.05, 3.63) is 54.4 Å². The van der Waals surface area contributed by atoms with Crippen molar-refractivity contribution < 1.29 is 37.9 Å². The van der Waals surface area contributed by atoms with Crippen molar-refractivity contribution in [1.82, 2.24) is 36.1 Å². The van der Waals surface area contributed by atoms with Crippen LogP contribution in [0, 0.1) is 17.2 Å². The summed E-state index contributed by atoms with van der Waals surface area (Å²) in [5, 5.41) is 11.2. The number of aromatic nitrogens is 2. The summed E-state index contributed by atoms with van der Waals surface area (Å²) in [4.78, 5) is 91.5. The number of likely N-dealkylation sites (tertiary alicyclic amines) is 1. The highest BCUT2D eigenvalue weighted by Gasteiger charge is 2.47. The molecule has 0 unspecified atom stereocenters. The number of rotatable bonds is 15. The minimum Gasteiger partial charge on any atom is -0.488 e. The Morgan fingerprint density at radius 1 is 0.944 bits per heavy atom. The van der Waals surface area contributed by atoms with Crippen molar-refractivity contribution in [2.45, 2.75) is 128 Å². The van der Waals surface area contributed by atoms with Crippen molar-refractivity contribution in [2.75, 3.05) is 6.54 Å². The van der Waals surface area contributed by atoms with Crippen LogP contribution in [0.25, 0.3) is 0 Å². The van der Waals surface area contributed by atoms with E-state index < -0.39 is 76.8 Å². The SMILES string of the molecule is CCC[C@H](NC(=O)[C@@H]1C[C@@H](Oc2ccc(F)cc2)CN1C(=O)[C@@H](NC(=O)[C@@H](NC(=O)c1cnccn1)C1CCCCC1)C(C)(C)C)C(=O)C(=O)NC1CC1. The number of ketones is 1. The Morgan fingerprint density at radius 3 is 2.26 bits per heavy atom. The Bertz CT molecular complexity index is 1660. The summed E-state index contributed by atoms with van der Waals surface area (Å²) in [6.45, 7) is 7.14. The number of ether oxygens (including phenoxy) is 1. The van der Waals surface area contributed by atoms with E-state index in [0.29, 0.717) is 25.0 Å². The van der Waals surface area contributed by atoms with Gasteiger partial charge in [-0.25, -0.2) is 9.37 Å². The maximum absolute atomic E-state index is 14.7. The van der Waals surface area contributed by atoms with Crippen LogP contribution in [0.2, 0.25) is 0 Å². The molecule has 54 heavy (non-hydrogen) atoms. The first-order chi connectivity index (χ1) is 25.7. The van der Waals surface area contributed by atoms with Gasteiger partial charge in [0, 0.05) is 24.9 Å². The zero-order valence-corrected chi connectivity index (χ0v) is 31.4. The molecule has 2 aliphatic carbocycles. The van der Waals surface area contributed by atoms with Crippen LogP contribution in [-0.2, 0) is 24.0 Å². The Balaban J connectivity index is 1.39. The molecule has 3 fully saturated rings. The number of benzene rings is 1. The molecular weight excluding hydrogens is 697 g/mol. The van der Waals surface area contributed by atoms with E-state index in [9.17, 15) is 33.2 Å². The summed E-state index contributed by atoms with van der Waals surface area (Å²) in [5.41, 5.74) is -0.810. The van der Waals surface area contributed by atoms with Gasteiger partial charge in [-0.3, -0.25) is 33.8 Å². The van der Waals surface area contributed by atoms with E-state index in [1.165, 1.54) is 47.8 Å². The quantitative estimate of drug-likeness (QED) is 0.199. The largest absolute Gasteiger partial charge is 0.488 e. The molecule has 0 bridgehead atoms. The lowest BCUT2D eigenvalue weighted by molar-refractivity contribution is -0.145. The van der Waals surface area contributed by atoms with Crippen molar-refractivity contribution in [3.8, 4) is 5.75 Å². The highest BCUT2D eigenvalue weighted by Crippen LogP contribution is 2.31. The number of nitrogens with one attached hydrogen (secondary N) is 4. The first-order valence-corrected chi connectivity index (χ1v) is 19.0. The van der Waals surface area contributed by atoms with Crippen LogP contribution in [0.1, 0.15) is 102 Å². The molecule has 1 aromatic heterocycles. The number of amides is 5. The van der Waals surface area contributed by atoms with Gasteiger partial charge in [0.1, 0.15) is 41.5 Å². The highest BCUT2D eigenvalue weighted by atomic mass is 19.1. The summed E-state index contributed by atoms with van der Waals surface area (Å²) < 4.78 is 19.8. The lowest BCUT2D eigenvalue weighted by atomic mass is 9.82. The molecule has 1 aromatic carbocycles. The number of hydrogen-bond donors (Lipinski definition) is 4. The number of Topliss-reactive ketones (excluding diaryl/α,β-unsaturated/α-hetero) is 1. The Labute approximate surface area is 315 Å². The minimum atomic E-state index is -1.15. The number of nitrogens with zero attached hydrogens (tertiary/aromatic N) is 3. The van der Waals surface area contributed by atoms with Gasteiger partial charge in [-0.1, -0.05) is 53.4 Å². The maximum atomic E-state index is 14.7. The van der Waals surface area contributed by atoms with E-state index in [4.69, 9.17) is 4.74 Å². The molecule has 5 atom stereocenters. The Hall–Kier alpha value is -4.95. The van der Waals surface area contributed by atoms with Gasteiger partial charge in [-0.2, -0.15) is 0 Å². The maximum Gasteiger partial charge on any atom is 0.289 e. The topological polar surface area (TPSA) is 189 Å². The molecule has 3 aliphatic rings. The van der Waals surface area contributed by atoms with Gasteiger partial charge in [0.15, 0.2) is 0 Å². The molecule has 5 rings (SSSR count). The molecule has 5 amide bonds. The molecule has 4 N–H and O–H groups in total. The van der Waals surface area contributed by atoms with E-state index >= 15 is 0 Å². The lowest BCUT2D eigenvalue weighted by Gasteiger charge is -2.37. The monoisotopic (exact) mass is 749 g/mol. The van der Waals surface area contributed by atoms with E-state index in [-0.39, 0.29) is 37.0 Å². The first kappa shape index (κ1) is 40.2. The van der Waals surface area contributed by atoms with Crippen molar-refractivity contribution in [2.24, 2.45) is 11.3 Å². The van der Waals surface area contributed by atoms with Crippen molar-refractivity contribution >= 4 is 35.3 Å². The van der Waals surface area contributed by atoms with E-state index in [1.807, 2.05) is 6.92 Å². The van der Waals surface area contributed by atoms with Crippen LogP contribution in [-0.4, -0.2) is 93.0 Å². The molecule has 2 heterocycles. The molecule has 0 radical (unpaired) electrons. The van der Waals surface area contributed by atoms with E-state index in [2.05, 4.69) is 31.2 Å². The fourth-order valence-electron chi connectivity index (χ4n) is 7.09. The molecule has 1 saturated heterocycles. The van der Waals surface area contributed by atoms with Crippen LogP contribution in [0.5, 0.6) is 5.75 Å². The molecule has 2 saturated carbocycles. The van der Waals surface area contributed by atoms with Gasteiger partial charge >= 0.3 is 0 Å². The fraction of sp³-hybridized carbons (Fsp3) is 0.590. The summed E-state index contributed by atoms with van der Waals surface area (Å²) in [5.74, 6) is -4.13. The number of hydrogen-bond acceptors (Lipinski definition) is 9. The molecule has 0 spiro atoms. The van der Waals surface area contributed by atoms with Gasteiger partial charge in [0.2, 0.25) is 23.5 Å². The molecule has 15 heteroatoms. The summed E-state index contributed by atoms with van der Waals surface area (Å²) in [6.07, 6.45) is 9.98. The zero-order valence-electron chi connectivity index (χ0n) is 31.4. The van der Waals surface area contributed by atoms with Gasteiger partial charge in [-0.05, 0) is 67.7 Å². The predicted molar refractivity (Wildman–Crippen MR) is 195 cm³/mol. The Morgan fingerprint density at radius 2 is 1.65 bits per heavy atom. The van der Waals surface area contributed by atoms with Gasteiger partial charge in [0.25, 0.3) is 11.8 Å². The molecule has 2 aromatic rings. The molecular formula is C39H52FN7O7. The molecule has 1 aliphatic heterocycles. The highest BCUT2D eigenvalue weighted by molar-refractivity contribution is 6.38. The first-order valence-electron chi connectivity index (χ1n) is 19.0. The Kier molecular flexibility index (Phi) is 13.4. The summed E-state index contributed by atoms with van der Waals surface area (Å²) >= 11 is 0. The normalized spacial score (nSPS) is 20.6. The van der Waals surface area contributed by atoms with Gasteiger partial charge in [-0.15, -0.1) is 0 Å². The number of halogens is 1. The van der Waals surface area contributed by atoms with Gasteiger partial charge in [0.05, 0.1) is 18.8 Å². The smallest absolute Gasteiger partial charge is 0.289 e. The second-order valence-electron chi connectivity index (χ2n) is 15.6. The van der Waals surface area contributed by atoms with E-state index in [0.717, 1.165) is 32.1 Å². The third-order valence-electron chi connectivity index (χ3n) is 10.2. The predicted octanol–water partition coefficient (Wildman–Crippen LogP) is 3.01. The summed E-state index contributed by atoms with van der Waals surface area (Å²) in [7, 11) is 0. The average molecular weight is 750 g/mol. The number of carbonyl (C=O) groups is 6. The van der Waals surface area contributed by atoms with Crippen molar-refractivity contribution in [3.63, 3.8) is 0 Å². The summed E-state index contributed by atoms with van der Waals surface area (Å²) in [6, 6.07) is 0.967. The van der Waals surface area contributed by atoms with Crippen LogP contribution in [0.15, 0.2) is 42.9 Å². The lowest BCUT2D eigenvalue weighted by Crippen LogP contribution is -2.62. The third kappa shape index (κ3) is 10.6. The van der Waals surface area contributed by atoms with Crippen LogP contribution in [0.3, 0.4) is 0 Å². The van der Waals surface area contributed by atoms with Gasteiger partial charge < -0.3 is 30.9 Å². The standard InChI is InChI=1S/C39H52FN7O7/c1-5-9-28(32(48)37(52)43-25-14-15-25)44-35(50)30-20-27(54-26-16-12-24(40)13-17-26)22-47(30)38(53)33(39(2,3)4)46-36(51)31(23-10-7-6-8-11-23)45-34(49)29-21-41-18-19-42-29/h12-13,16-19,21,23,25,27-28,30-31,33H,5-11,14-15,20,22H2,1-4H3,(H,43,52)(H,44,50)(H,45,49)(H,46,51)/t27-,28+,30+,31+,33-/m1/s1. The zero-order chi connectivity index (χ0) is 39.0. The fourth-order valence-corrected chi connectivity index (χ4v) is 7.09. The van der Waals surface area contributed by atoms with Crippen molar-refractivity contribution in [1.29, 1.82) is 0 Å². The van der Waals surface area contributed by atoms with Crippen LogP contribution < -0.4 is 26.0 Å². The second-order valence-corrected chi connectivity index (χ2v) is 15.6. The second kappa shape index (κ2) is 17.9. The van der Waals surface area contributed by atoms with E-state index in [1.54, 1.807) is 20.8 Å². The van der Waals surface area contributed by atoms with Crippen LogP contribution in [0.4, 0.5) is 4.39 Å². The number of carbonyl (C=O) groups excluding carboxylic acids is 6. The minimum absolute atomic E-state index is 0.0277. The molecule has 14 nitrogen and oxygen atoms in total. The average Bonchev–Trinajstić information content (AvgIpc) is 3.88. The third-order valence-corrected chi connectivity index (χ3v) is 10.2.